The molecule has 96 valence electrons. The Morgan fingerprint density at radius 3 is 2.67 bits per heavy atom. The normalized spacial score (nSPS) is 10.8. The van der Waals surface area contributed by atoms with Crippen LogP contribution >= 0.6 is 0 Å². The molecule has 0 bridgehead atoms. The van der Waals surface area contributed by atoms with Crippen molar-refractivity contribution < 1.29 is 9.53 Å². The van der Waals surface area contributed by atoms with Crippen molar-refractivity contribution in [1.82, 2.24) is 4.98 Å². The van der Waals surface area contributed by atoms with Crippen molar-refractivity contribution in [3.05, 3.63) is 29.1 Å². The van der Waals surface area contributed by atoms with Crippen molar-refractivity contribution in [3.8, 4) is 6.07 Å². The van der Waals surface area contributed by atoms with Gasteiger partial charge in [-0.25, -0.2) is 9.78 Å². The average molecular weight is 246 g/mol. The number of nitrogens with zero attached hydrogens (tertiary/aromatic N) is 2. The molecule has 0 saturated carbocycles. The maximum atomic E-state index is 11.8. The molecule has 18 heavy (non-hydrogen) atoms. The molecule has 4 heteroatoms. The SMILES string of the molecule is CCC(C)(C)COC(=O)c1ccc(C#N)c(C)n1. The van der Waals surface area contributed by atoms with E-state index in [4.69, 9.17) is 10.00 Å². The van der Waals surface area contributed by atoms with Crippen molar-refractivity contribution in [3.63, 3.8) is 0 Å². The summed E-state index contributed by atoms with van der Waals surface area (Å²) in [7, 11) is 0. The van der Waals surface area contributed by atoms with Crippen LogP contribution in [0.3, 0.4) is 0 Å². The van der Waals surface area contributed by atoms with Gasteiger partial charge in [0.15, 0.2) is 0 Å². The maximum Gasteiger partial charge on any atom is 0.356 e. The molecule has 0 aliphatic heterocycles. The first-order valence-corrected chi connectivity index (χ1v) is 5.94. The fourth-order valence-electron chi connectivity index (χ4n) is 1.23. The molecule has 0 saturated heterocycles. The minimum absolute atomic E-state index is 0.0305. The van der Waals surface area contributed by atoms with E-state index in [1.54, 1.807) is 13.0 Å². The summed E-state index contributed by atoms with van der Waals surface area (Å²) in [4.78, 5) is 15.9. The van der Waals surface area contributed by atoms with Gasteiger partial charge in [-0.05, 0) is 30.9 Å². The van der Waals surface area contributed by atoms with E-state index in [2.05, 4.69) is 11.9 Å². The Morgan fingerprint density at radius 1 is 1.50 bits per heavy atom. The third-order valence-electron chi connectivity index (χ3n) is 2.97. The summed E-state index contributed by atoms with van der Waals surface area (Å²) in [5.41, 5.74) is 1.23. The van der Waals surface area contributed by atoms with Crippen molar-refractivity contribution in [2.24, 2.45) is 5.41 Å². The van der Waals surface area contributed by atoms with E-state index in [0.717, 1.165) is 6.42 Å². The monoisotopic (exact) mass is 246 g/mol. The van der Waals surface area contributed by atoms with Crippen molar-refractivity contribution in [2.75, 3.05) is 6.61 Å². The lowest BCUT2D eigenvalue weighted by molar-refractivity contribution is 0.0328. The van der Waals surface area contributed by atoms with Gasteiger partial charge in [-0.15, -0.1) is 0 Å². The van der Waals surface area contributed by atoms with Crippen LogP contribution < -0.4 is 0 Å². The van der Waals surface area contributed by atoms with Gasteiger partial charge >= 0.3 is 5.97 Å². The van der Waals surface area contributed by atoms with Gasteiger partial charge in [0.25, 0.3) is 0 Å². The van der Waals surface area contributed by atoms with Crippen LogP contribution in [0.4, 0.5) is 0 Å². The molecule has 0 radical (unpaired) electrons. The lowest BCUT2D eigenvalue weighted by Crippen LogP contribution is -2.21. The summed E-state index contributed by atoms with van der Waals surface area (Å²) >= 11 is 0. The Kier molecular flexibility index (Phi) is 4.43. The molecule has 0 aliphatic carbocycles. The molecule has 1 aromatic rings. The van der Waals surface area contributed by atoms with Gasteiger partial charge in [0.1, 0.15) is 11.8 Å². The number of esters is 1. The topological polar surface area (TPSA) is 63.0 Å². The fraction of sp³-hybridized carbons (Fsp3) is 0.500. The maximum absolute atomic E-state index is 11.8. The van der Waals surface area contributed by atoms with Gasteiger partial charge in [0, 0.05) is 0 Å². The smallest absolute Gasteiger partial charge is 0.356 e. The summed E-state index contributed by atoms with van der Waals surface area (Å²) in [6.07, 6.45) is 0.931. The Hall–Kier alpha value is -1.89. The van der Waals surface area contributed by atoms with Crippen LogP contribution in [0.1, 0.15) is 48.9 Å². The van der Waals surface area contributed by atoms with Crippen LogP contribution in [0.5, 0.6) is 0 Å². The highest BCUT2D eigenvalue weighted by Gasteiger charge is 2.19. The summed E-state index contributed by atoms with van der Waals surface area (Å²) in [6, 6.07) is 5.12. The molecule has 0 spiro atoms. The molecule has 0 aromatic carbocycles. The van der Waals surface area contributed by atoms with E-state index in [9.17, 15) is 4.79 Å². The number of carbonyl (C=O) groups excluding carboxylic acids is 1. The van der Waals surface area contributed by atoms with E-state index < -0.39 is 5.97 Å². The zero-order valence-electron chi connectivity index (χ0n) is 11.3. The van der Waals surface area contributed by atoms with Gasteiger partial charge in [-0.3, -0.25) is 0 Å². The number of rotatable bonds is 4. The van der Waals surface area contributed by atoms with Gasteiger partial charge in [0.2, 0.25) is 0 Å². The number of carbonyl (C=O) groups is 1. The van der Waals surface area contributed by atoms with E-state index in [1.165, 1.54) is 6.07 Å². The van der Waals surface area contributed by atoms with Gasteiger partial charge in [-0.2, -0.15) is 5.26 Å². The number of hydrogen-bond acceptors (Lipinski definition) is 4. The quantitative estimate of drug-likeness (QED) is 0.766. The van der Waals surface area contributed by atoms with Crippen LogP contribution in [0.15, 0.2) is 12.1 Å². The zero-order chi connectivity index (χ0) is 13.8. The van der Waals surface area contributed by atoms with Crippen LogP contribution in [-0.2, 0) is 4.74 Å². The fourth-order valence-corrected chi connectivity index (χ4v) is 1.23. The number of hydrogen-bond donors (Lipinski definition) is 0. The van der Waals surface area contributed by atoms with Crippen molar-refractivity contribution in [2.45, 2.75) is 34.1 Å². The first-order valence-electron chi connectivity index (χ1n) is 5.94. The second-order valence-corrected chi connectivity index (χ2v) is 5.04. The predicted octanol–water partition coefficient (Wildman–Crippen LogP) is 2.85. The first-order chi connectivity index (χ1) is 8.39. The Balaban J connectivity index is 2.74. The number of nitriles is 1. The minimum Gasteiger partial charge on any atom is -0.460 e. The summed E-state index contributed by atoms with van der Waals surface area (Å²) < 4.78 is 5.23. The molecule has 1 aromatic heterocycles. The van der Waals surface area contributed by atoms with Crippen LogP contribution in [0.25, 0.3) is 0 Å². The summed E-state index contributed by atoms with van der Waals surface area (Å²) in [6.45, 7) is 8.20. The first kappa shape index (κ1) is 14.2. The Morgan fingerprint density at radius 2 is 2.17 bits per heavy atom. The highest BCUT2D eigenvalue weighted by molar-refractivity contribution is 5.87. The molecule has 0 amide bonds. The molecule has 1 heterocycles. The summed E-state index contributed by atoms with van der Waals surface area (Å²) in [5, 5.41) is 8.78. The highest BCUT2D eigenvalue weighted by atomic mass is 16.5. The minimum atomic E-state index is -0.441. The molecule has 0 unspecified atom stereocenters. The molecule has 0 fully saturated rings. The standard InChI is InChI=1S/C14H18N2O2/c1-5-14(3,4)9-18-13(17)12-7-6-11(8-15)10(2)16-12/h6-7H,5,9H2,1-4H3. The van der Waals surface area contributed by atoms with Gasteiger partial charge in [0.05, 0.1) is 17.9 Å². The molecular formula is C14H18N2O2. The van der Waals surface area contributed by atoms with Crippen molar-refractivity contribution >= 4 is 5.97 Å². The lowest BCUT2D eigenvalue weighted by Gasteiger charge is -2.21. The van der Waals surface area contributed by atoms with E-state index in [-0.39, 0.29) is 11.1 Å². The van der Waals surface area contributed by atoms with Crippen molar-refractivity contribution in [1.29, 1.82) is 5.26 Å². The lowest BCUT2D eigenvalue weighted by atomic mass is 9.92. The average Bonchev–Trinajstić information content (AvgIpc) is 2.36. The largest absolute Gasteiger partial charge is 0.460 e. The predicted molar refractivity (Wildman–Crippen MR) is 68.0 cm³/mol. The number of ether oxygens (including phenoxy) is 1. The van der Waals surface area contributed by atoms with Crippen LogP contribution in [-0.4, -0.2) is 17.6 Å². The van der Waals surface area contributed by atoms with E-state index >= 15 is 0 Å². The zero-order valence-corrected chi connectivity index (χ0v) is 11.3. The Labute approximate surface area is 108 Å². The van der Waals surface area contributed by atoms with E-state index in [0.29, 0.717) is 17.9 Å². The molecule has 0 aliphatic rings. The molecular weight excluding hydrogens is 228 g/mol. The third kappa shape index (κ3) is 3.56. The van der Waals surface area contributed by atoms with Crippen LogP contribution in [0.2, 0.25) is 0 Å². The van der Waals surface area contributed by atoms with Crippen LogP contribution in [0, 0.1) is 23.7 Å². The van der Waals surface area contributed by atoms with E-state index in [1.807, 2.05) is 19.9 Å². The highest BCUT2D eigenvalue weighted by Crippen LogP contribution is 2.20. The third-order valence-corrected chi connectivity index (χ3v) is 2.97. The number of pyridine rings is 1. The van der Waals surface area contributed by atoms with Gasteiger partial charge in [-0.1, -0.05) is 20.8 Å². The van der Waals surface area contributed by atoms with Gasteiger partial charge < -0.3 is 4.74 Å². The molecule has 1 rings (SSSR count). The molecule has 4 nitrogen and oxygen atoms in total. The second-order valence-electron chi connectivity index (χ2n) is 5.04. The number of aromatic nitrogens is 1. The second kappa shape index (κ2) is 5.63. The molecule has 0 N–H and O–H groups in total. The number of aryl methyl sites for hydroxylation is 1. The summed E-state index contributed by atoms with van der Waals surface area (Å²) in [5.74, 6) is -0.441. The Bertz CT molecular complexity index is 487. The molecule has 0 atom stereocenters.